The molecule has 308 valence electrons. The average Bonchev–Trinajstić information content (AvgIpc) is 3.39. The number of rotatable bonds is 8. The zero-order valence-corrected chi connectivity index (χ0v) is 36.4. The molecule has 0 atom stereocenters. The molecule has 0 amide bonds. The second-order valence-electron chi connectivity index (χ2n) is 17.1. The summed E-state index contributed by atoms with van der Waals surface area (Å²) in [5.41, 5.74) is 17.2. The fraction of sp³-hybridized carbons (Fsp3) is 0. The molecule has 0 aliphatic carbocycles. The van der Waals surface area contributed by atoms with Crippen LogP contribution in [0.5, 0.6) is 0 Å². The Kier molecular flexibility index (Phi) is 9.97. The second-order valence-corrected chi connectivity index (χ2v) is 17.1. The average molecular weight is 837 g/mol. The van der Waals surface area contributed by atoms with Crippen molar-refractivity contribution in [1.29, 1.82) is 0 Å². The van der Waals surface area contributed by atoms with Gasteiger partial charge in [-0.3, -0.25) is 0 Å². The molecule has 0 bridgehead atoms. The lowest BCUT2D eigenvalue weighted by Gasteiger charge is -2.18. The van der Waals surface area contributed by atoms with Gasteiger partial charge in [0.1, 0.15) is 0 Å². The second kappa shape index (κ2) is 16.8. The zero-order valence-electron chi connectivity index (χ0n) is 36.4. The summed E-state index contributed by atoms with van der Waals surface area (Å²) in [5.74, 6) is 0. The summed E-state index contributed by atoms with van der Waals surface area (Å²) in [4.78, 5) is 0. The molecule has 0 saturated carbocycles. The van der Waals surface area contributed by atoms with Gasteiger partial charge in [-0.25, -0.2) is 0 Å². The Hall–Kier alpha value is -8.58. The Labute approximate surface area is 386 Å². The summed E-state index contributed by atoms with van der Waals surface area (Å²) < 4.78 is 0. The molecule has 0 radical (unpaired) electrons. The van der Waals surface area contributed by atoms with Gasteiger partial charge in [0.2, 0.25) is 0 Å². The van der Waals surface area contributed by atoms with Crippen LogP contribution in [0.3, 0.4) is 0 Å². The molecule has 0 fully saturated rings. The molecular formula is C66H44. The SMILES string of the molecule is C(=Cc1ccccc1-c1ccc(-c2c3ccccc3c(-c3ccccc3)c3ccccc23)cc1)c1ccccc1-c1ccc(-c2c3ccccc3c(-c3ccccc3)c3ccccc23)cc1. The first-order valence-electron chi connectivity index (χ1n) is 22.8. The smallest absolute Gasteiger partial charge is 0.00264 e. The Balaban J connectivity index is 0.880. The third-order valence-electron chi connectivity index (χ3n) is 13.3. The molecule has 66 heavy (non-hydrogen) atoms. The highest BCUT2D eigenvalue weighted by Crippen LogP contribution is 2.46. The van der Waals surface area contributed by atoms with E-state index in [-0.39, 0.29) is 0 Å². The van der Waals surface area contributed by atoms with Crippen LogP contribution < -0.4 is 0 Å². The number of benzene rings is 12. The number of hydrogen-bond donors (Lipinski definition) is 0. The maximum Gasteiger partial charge on any atom is -0.00264 e. The molecule has 0 N–H and O–H groups in total. The Morgan fingerprint density at radius 3 is 0.667 bits per heavy atom. The Bertz CT molecular complexity index is 3400. The highest BCUT2D eigenvalue weighted by molar-refractivity contribution is 6.22. The molecule has 12 aromatic rings. The van der Waals surface area contributed by atoms with Gasteiger partial charge in [-0.1, -0.05) is 267 Å². The molecule has 0 aromatic heterocycles. The van der Waals surface area contributed by atoms with E-state index in [2.05, 4.69) is 267 Å². The van der Waals surface area contributed by atoms with Gasteiger partial charge in [-0.2, -0.15) is 0 Å². The molecule has 0 spiro atoms. The molecule has 0 unspecified atom stereocenters. The van der Waals surface area contributed by atoms with Gasteiger partial charge in [0.25, 0.3) is 0 Å². The van der Waals surface area contributed by atoms with Crippen LogP contribution in [0.1, 0.15) is 11.1 Å². The molecule has 12 aromatic carbocycles. The summed E-state index contributed by atoms with van der Waals surface area (Å²) in [6, 6.07) is 92.9. The molecular weight excluding hydrogens is 793 g/mol. The highest BCUT2D eigenvalue weighted by atomic mass is 14.2. The van der Waals surface area contributed by atoms with Crippen LogP contribution in [0.2, 0.25) is 0 Å². The largest absolute Gasteiger partial charge is 0.0622 e. The van der Waals surface area contributed by atoms with Crippen molar-refractivity contribution >= 4 is 55.2 Å². The van der Waals surface area contributed by atoms with Crippen LogP contribution in [0.15, 0.2) is 255 Å². The van der Waals surface area contributed by atoms with E-state index in [0.29, 0.717) is 0 Å². The van der Waals surface area contributed by atoms with Crippen LogP contribution in [-0.2, 0) is 0 Å². The number of hydrogen-bond acceptors (Lipinski definition) is 0. The summed E-state index contributed by atoms with van der Waals surface area (Å²) in [5, 5.41) is 10.1. The van der Waals surface area contributed by atoms with Crippen LogP contribution in [0, 0.1) is 0 Å². The third-order valence-corrected chi connectivity index (χ3v) is 13.3. The maximum atomic E-state index is 2.30. The molecule has 0 heteroatoms. The molecule has 0 saturated heterocycles. The predicted octanol–water partition coefficient (Wildman–Crippen LogP) is 18.5. The third kappa shape index (κ3) is 6.88. The maximum absolute atomic E-state index is 2.30. The fourth-order valence-corrected chi connectivity index (χ4v) is 10.3. The predicted molar refractivity (Wildman–Crippen MR) is 284 cm³/mol. The first-order chi connectivity index (χ1) is 32.8. The summed E-state index contributed by atoms with van der Waals surface area (Å²) in [6.07, 6.45) is 4.54. The van der Waals surface area contributed by atoms with Gasteiger partial charge < -0.3 is 0 Å². The van der Waals surface area contributed by atoms with E-state index in [9.17, 15) is 0 Å². The number of fused-ring (bicyclic) bond motifs is 4. The van der Waals surface area contributed by atoms with Crippen LogP contribution in [0.25, 0.3) is 122 Å². The minimum absolute atomic E-state index is 1.18. The minimum Gasteiger partial charge on any atom is -0.0622 e. The normalized spacial score (nSPS) is 11.6. The van der Waals surface area contributed by atoms with Crippen molar-refractivity contribution in [3.05, 3.63) is 266 Å². The molecule has 0 nitrogen and oxygen atoms in total. The van der Waals surface area contributed by atoms with Crippen molar-refractivity contribution < 1.29 is 0 Å². The lowest BCUT2D eigenvalue weighted by molar-refractivity contribution is 1.58. The van der Waals surface area contributed by atoms with Crippen molar-refractivity contribution in [2.24, 2.45) is 0 Å². The van der Waals surface area contributed by atoms with Crippen molar-refractivity contribution in [1.82, 2.24) is 0 Å². The summed E-state index contributed by atoms with van der Waals surface area (Å²) >= 11 is 0. The van der Waals surface area contributed by atoms with E-state index in [1.54, 1.807) is 0 Å². The van der Waals surface area contributed by atoms with Gasteiger partial charge in [-0.05, 0) is 121 Å². The van der Waals surface area contributed by atoms with E-state index in [4.69, 9.17) is 0 Å². The molecule has 12 rings (SSSR count). The van der Waals surface area contributed by atoms with E-state index in [1.165, 1.54) is 121 Å². The van der Waals surface area contributed by atoms with Crippen molar-refractivity contribution in [3.8, 4) is 66.8 Å². The van der Waals surface area contributed by atoms with E-state index in [1.807, 2.05) is 0 Å². The standard InChI is InChI=1S/C66H44/c1-3-21-49(22-4-1)63-55-27-11-15-31-59(55)65(60-32-16-12-28-56(60)63)51-41-37-47(38-42-51)53-25-9-7-19-45(53)35-36-46-20-8-10-26-54(46)48-39-43-52(44-40-48)66-61-33-17-13-29-57(61)64(50-23-5-2-6-24-50)58-30-14-18-34-62(58)66/h1-44H. The van der Waals surface area contributed by atoms with Gasteiger partial charge in [-0.15, -0.1) is 0 Å². The van der Waals surface area contributed by atoms with E-state index in [0.717, 1.165) is 0 Å². The van der Waals surface area contributed by atoms with E-state index < -0.39 is 0 Å². The first-order valence-corrected chi connectivity index (χ1v) is 22.8. The minimum atomic E-state index is 1.18. The van der Waals surface area contributed by atoms with Crippen LogP contribution in [-0.4, -0.2) is 0 Å². The van der Waals surface area contributed by atoms with Crippen LogP contribution >= 0.6 is 0 Å². The van der Waals surface area contributed by atoms with Crippen molar-refractivity contribution in [3.63, 3.8) is 0 Å². The molecule has 0 heterocycles. The van der Waals surface area contributed by atoms with Gasteiger partial charge >= 0.3 is 0 Å². The Morgan fingerprint density at radius 2 is 0.379 bits per heavy atom. The monoisotopic (exact) mass is 836 g/mol. The van der Waals surface area contributed by atoms with E-state index >= 15 is 0 Å². The quantitative estimate of drug-likeness (QED) is 0.106. The van der Waals surface area contributed by atoms with Crippen molar-refractivity contribution in [2.75, 3.05) is 0 Å². The Morgan fingerprint density at radius 1 is 0.167 bits per heavy atom. The lowest BCUT2D eigenvalue weighted by atomic mass is 9.85. The van der Waals surface area contributed by atoms with Gasteiger partial charge in [0.15, 0.2) is 0 Å². The lowest BCUT2D eigenvalue weighted by Crippen LogP contribution is -1.91. The summed E-state index contributed by atoms with van der Waals surface area (Å²) in [6.45, 7) is 0. The van der Waals surface area contributed by atoms with Crippen LogP contribution in [0.4, 0.5) is 0 Å². The topological polar surface area (TPSA) is 0 Å². The molecule has 0 aliphatic heterocycles. The van der Waals surface area contributed by atoms with Gasteiger partial charge in [0.05, 0.1) is 0 Å². The fourth-order valence-electron chi connectivity index (χ4n) is 10.3. The molecule has 0 aliphatic rings. The zero-order chi connectivity index (χ0) is 43.8. The van der Waals surface area contributed by atoms with Gasteiger partial charge in [0, 0.05) is 0 Å². The summed E-state index contributed by atoms with van der Waals surface area (Å²) in [7, 11) is 0. The van der Waals surface area contributed by atoms with Crippen molar-refractivity contribution in [2.45, 2.75) is 0 Å². The first kappa shape index (κ1) is 39.0. The highest BCUT2D eigenvalue weighted by Gasteiger charge is 2.18.